The summed E-state index contributed by atoms with van der Waals surface area (Å²) in [5.41, 5.74) is 0.679. The Morgan fingerprint density at radius 2 is 1.62 bits per heavy atom. The highest BCUT2D eigenvalue weighted by Gasteiger charge is 2.50. The second-order valence-electron chi connectivity index (χ2n) is 5.71. The summed E-state index contributed by atoms with van der Waals surface area (Å²) >= 11 is 0. The third-order valence-electron chi connectivity index (χ3n) is 4.13. The van der Waals surface area contributed by atoms with Crippen LogP contribution in [0.3, 0.4) is 0 Å². The van der Waals surface area contributed by atoms with E-state index in [0.717, 1.165) is 5.92 Å². The molecular formula is C12H19N. The van der Waals surface area contributed by atoms with Crippen LogP contribution in [-0.4, -0.2) is 0 Å². The zero-order valence-electron chi connectivity index (χ0n) is 8.77. The molecule has 1 nitrogen and oxygen atoms in total. The van der Waals surface area contributed by atoms with E-state index in [-0.39, 0.29) is 5.41 Å². The van der Waals surface area contributed by atoms with Crippen molar-refractivity contribution in [1.29, 1.82) is 5.26 Å². The van der Waals surface area contributed by atoms with E-state index in [9.17, 15) is 0 Å². The minimum absolute atomic E-state index is 0.135. The van der Waals surface area contributed by atoms with Gasteiger partial charge in [-0.3, -0.25) is 0 Å². The first-order valence-corrected chi connectivity index (χ1v) is 5.49. The van der Waals surface area contributed by atoms with E-state index in [1.54, 1.807) is 0 Å². The van der Waals surface area contributed by atoms with Crippen molar-refractivity contribution >= 4 is 0 Å². The van der Waals surface area contributed by atoms with E-state index in [1.807, 2.05) is 0 Å². The molecule has 2 fully saturated rings. The predicted octanol–water partition coefficient (Wildman–Crippen LogP) is 3.51. The van der Waals surface area contributed by atoms with Crippen molar-refractivity contribution in [3.05, 3.63) is 0 Å². The van der Waals surface area contributed by atoms with E-state index in [2.05, 4.69) is 19.9 Å². The highest BCUT2D eigenvalue weighted by Crippen LogP contribution is 2.57. The Hall–Kier alpha value is -0.510. The Morgan fingerprint density at radius 1 is 1.08 bits per heavy atom. The van der Waals surface area contributed by atoms with Crippen LogP contribution in [0.2, 0.25) is 0 Å². The van der Waals surface area contributed by atoms with Gasteiger partial charge in [-0.25, -0.2) is 0 Å². The molecule has 1 heteroatoms. The van der Waals surface area contributed by atoms with Crippen molar-refractivity contribution in [3.63, 3.8) is 0 Å². The standard InChI is InChI=1S/C12H19N/c1-11(2)5-3-10(4-6-11)12(9-13)7-8-12/h10H,3-8H2,1-2H3. The molecule has 0 amide bonds. The van der Waals surface area contributed by atoms with Crippen LogP contribution in [0, 0.1) is 28.1 Å². The Kier molecular flexibility index (Phi) is 1.91. The van der Waals surface area contributed by atoms with Crippen LogP contribution >= 0.6 is 0 Å². The average Bonchev–Trinajstić information content (AvgIpc) is 2.85. The van der Waals surface area contributed by atoms with Gasteiger partial charge >= 0.3 is 0 Å². The summed E-state index contributed by atoms with van der Waals surface area (Å²) in [6, 6.07) is 2.55. The Labute approximate surface area is 81.1 Å². The van der Waals surface area contributed by atoms with Crippen LogP contribution in [0.1, 0.15) is 52.4 Å². The van der Waals surface area contributed by atoms with E-state index >= 15 is 0 Å². The molecule has 0 saturated heterocycles. The van der Waals surface area contributed by atoms with Gasteiger partial charge in [-0.05, 0) is 49.9 Å². The molecule has 0 aromatic rings. The van der Waals surface area contributed by atoms with Crippen LogP contribution in [0.25, 0.3) is 0 Å². The second-order valence-corrected chi connectivity index (χ2v) is 5.71. The molecule has 2 saturated carbocycles. The first-order valence-electron chi connectivity index (χ1n) is 5.49. The Bertz CT molecular complexity index is 232. The van der Waals surface area contributed by atoms with Crippen molar-refractivity contribution in [3.8, 4) is 6.07 Å². The second kappa shape index (κ2) is 2.74. The summed E-state index contributed by atoms with van der Waals surface area (Å²) < 4.78 is 0. The van der Waals surface area contributed by atoms with Gasteiger partial charge in [-0.2, -0.15) is 5.26 Å². The maximum Gasteiger partial charge on any atom is 0.0692 e. The van der Waals surface area contributed by atoms with E-state index in [4.69, 9.17) is 5.26 Å². The molecule has 0 aliphatic heterocycles. The predicted molar refractivity (Wildman–Crippen MR) is 53.0 cm³/mol. The highest BCUT2D eigenvalue weighted by molar-refractivity contribution is 5.13. The summed E-state index contributed by atoms with van der Waals surface area (Å²) in [5.74, 6) is 0.727. The quantitative estimate of drug-likeness (QED) is 0.601. The lowest BCUT2D eigenvalue weighted by molar-refractivity contribution is 0.158. The normalized spacial score (nSPS) is 30.8. The van der Waals surface area contributed by atoms with Crippen LogP contribution in [0.5, 0.6) is 0 Å². The molecule has 0 bridgehead atoms. The minimum Gasteiger partial charge on any atom is -0.198 e. The largest absolute Gasteiger partial charge is 0.198 e. The lowest BCUT2D eigenvalue weighted by Crippen LogP contribution is -2.26. The fourth-order valence-corrected chi connectivity index (χ4v) is 2.70. The fraction of sp³-hybridized carbons (Fsp3) is 0.917. The molecule has 2 aliphatic carbocycles. The van der Waals surface area contributed by atoms with Crippen molar-refractivity contribution in [1.82, 2.24) is 0 Å². The first-order chi connectivity index (χ1) is 6.08. The summed E-state index contributed by atoms with van der Waals surface area (Å²) in [7, 11) is 0. The monoisotopic (exact) mass is 177 g/mol. The third-order valence-corrected chi connectivity index (χ3v) is 4.13. The molecule has 0 aromatic heterocycles. The molecule has 0 radical (unpaired) electrons. The van der Waals surface area contributed by atoms with Gasteiger partial charge in [0.05, 0.1) is 11.5 Å². The first kappa shape index (κ1) is 9.06. The molecular weight excluding hydrogens is 158 g/mol. The maximum atomic E-state index is 9.09. The summed E-state index contributed by atoms with van der Waals surface area (Å²) in [4.78, 5) is 0. The number of nitriles is 1. The van der Waals surface area contributed by atoms with Gasteiger partial charge in [0.25, 0.3) is 0 Å². The fourth-order valence-electron chi connectivity index (χ4n) is 2.70. The average molecular weight is 177 g/mol. The summed E-state index contributed by atoms with van der Waals surface area (Å²) in [6.45, 7) is 4.71. The van der Waals surface area contributed by atoms with Gasteiger partial charge in [-0.15, -0.1) is 0 Å². The van der Waals surface area contributed by atoms with Gasteiger partial charge in [-0.1, -0.05) is 13.8 Å². The Balaban J connectivity index is 1.96. The van der Waals surface area contributed by atoms with Gasteiger partial charge in [0.15, 0.2) is 0 Å². The van der Waals surface area contributed by atoms with Gasteiger partial charge < -0.3 is 0 Å². The smallest absolute Gasteiger partial charge is 0.0692 e. The van der Waals surface area contributed by atoms with Gasteiger partial charge in [0.1, 0.15) is 0 Å². The number of hydrogen-bond donors (Lipinski definition) is 0. The number of nitrogens with zero attached hydrogens (tertiary/aromatic N) is 1. The lowest BCUT2D eigenvalue weighted by atomic mass is 9.68. The van der Waals surface area contributed by atoms with Crippen LogP contribution in [-0.2, 0) is 0 Å². The molecule has 0 heterocycles. The van der Waals surface area contributed by atoms with Crippen LogP contribution < -0.4 is 0 Å². The van der Waals surface area contributed by atoms with Crippen molar-refractivity contribution in [2.24, 2.45) is 16.7 Å². The minimum atomic E-state index is 0.135. The molecule has 0 spiro atoms. The summed E-state index contributed by atoms with van der Waals surface area (Å²) in [5, 5.41) is 9.09. The SMILES string of the molecule is CC1(C)CCC(C2(C#N)CC2)CC1. The van der Waals surface area contributed by atoms with E-state index in [0.29, 0.717) is 5.41 Å². The molecule has 13 heavy (non-hydrogen) atoms. The third kappa shape index (κ3) is 1.59. The molecule has 0 N–H and O–H groups in total. The molecule has 2 rings (SSSR count). The van der Waals surface area contributed by atoms with Crippen LogP contribution in [0.4, 0.5) is 0 Å². The van der Waals surface area contributed by atoms with Gasteiger partial charge in [0, 0.05) is 0 Å². The molecule has 72 valence electrons. The highest BCUT2D eigenvalue weighted by atomic mass is 14.5. The molecule has 2 aliphatic rings. The zero-order valence-corrected chi connectivity index (χ0v) is 8.77. The summed E-state index contributed by atoms with van der Waals surface area (Å²) in [6.07, 6.45) is 7.58. The Morgan fingerprint density at radius 3 is 2.00 bits per heavy atom. The van der Waals surface area contributed by atoms with Gasteiger partial charge in [0.2, 0.25) is 0 Å². The van der Waals surface area contributed by atoms with Crippen molar-refractivity contribution in [2.45, 2.75) is 52.4 Å². The topological polar surface area (TPSA) is 23.8 Å². The van der Waals surface area contributed by atoms with Crippen LogP contribution in [0.15, 0.2) is 0 Å². The number of rotatable bonds is 1. The van der Waals surface area contributed by atoms with E-state index < -0.39 is 0 Å². The van der Waals surface area contributed by atoms with Crippen molar-refractivity contribution in [2.75, 3.05) is 0 Å². The molecule has 0 atom stereocenters. The lowest BCUT2D eigenvalue weighted by Gasteiger charge is -2.36. The van der Waals surface area contributed by atoms with E-state index in [1.165, 1.54) is 38.5 Å². The zero-order chi connectivity index (χ0) is 9.53. The number of hydrogen-bond acceptors (Lipinski definition) is 1. The molecule has 0 aromatic carbocycles. The van der Waals surface area contributed by atoms with Crippen molar-refractivity contribution < 1.29 is 0 Å². The molecule has 0 unspecified atom stereocenters. The maximum absolute atomic E-state index is 9.09.